The topological polar surface area (TPSA) is 42.7 Å². The minimum atomic E-state index is 0.941. The summed E-state index contributed by atoms with van der Waals surface area (Å²) in [7, 11) is 0. The van der Waals surface area contributed by atoms with Crippen LogP contribution < -0.4 is 5.32 Å². The Balaban J connectivity index is 1.42. The standard InChI is InChI=1S/C15H22N4/c1-2-7-15(8-3-1)9-4-5-10-16-11-6-13-19-14-12-17-18-19/h1-3,7-8,12,14,16H,4-6,9-11,13H2. The number of rotatable bonds is 9. The average Bonchev–Trinajstić information content (AvgIpc) is 2.96. The fraction of sp³-hybridized carbons (Fsp3) is 0.467. The summed E-state index contributed by atoms with van der Waals surface area (Å²) in [5.74, 6) is 0. The van der Waals surface area contributed by atoms with Gasteiger partial charge in [0.2, 0.25) is 0 Å². The predicted molar refractivity (Wildman–Crippen MR) is 76.9 cm³/mol. The van der Waals surface area contributed by atoms with Gasteiger partial charge in [-0.2, -0.15) is 0 Å². The second-order valence-electron chi connectivity index (χ2n) is 4.71. The highest BCUT2D eigenvalue weighted by atomic mass is 15.4. The van der Waals surface area contributed by atoms with Crippen molar-refractivity contribution in [1.82, 2.24) is 20.3 Å². The van der Waals surface area contributed by atoms with Gasteiger partial charge >= 0.3 is 0 Å². The van der Waals surface area contributed by atoms with Gasteiger partial charge in [0, 0.05) is 12.7 Å². The van der Waals surface area contributed by atoms with Crippen molar-refractivity contribution in [2.75, 3.05) is 13.1 Å². The van der Waals surface area contributed by atoms with Gasteiger partial charge in [0.1, 0.15) is 0 Å². The van der Waals surface area contributed by atoms with Crippen molar-refractivity contribution in [1.29, 1.82) is 0 Å². The summed E-state index contributed by atoms with van der Waals surface area (Å²) in [6, 6.07) is 10.7. The van der Waals surface area contributed by atoms with Crippen LogP contribution in [-0.4, -0.2) is 28.1 Å². The minimum Gasteiger partial charge on any atom is -0.317 e. The van der Waals surface area contributed by atoms with Gasteiger partial charge in [-0.15, -0.1) is 5.10 Å². The normalized spacial score (nSPS) is 10.7. The van der Waals surface area contributed by atoms with Crippen molar-refractivity contribution in [3.63, 3.8) is 0 Å². The van der Waals surface area contributed by atoms with Crippen LogP contribution in [0.1, 0.15) is 24.8 Å². The number of aryl methyl sites for hydroxylation is 2. The lowest BCUT2D eigenvalue weighted by Crippen LogP contribution is -2.18. The largest absolute Gasteiger partial charge is 0.317 e. The zero-order valence-corrected chi connectivity index (χ0v) is 11.3. The van der Waals surface area contributed by atoms with Crippen LogP contribution in [0.4, 0.5) is 0 Å². The summed E-state index contributed by atoms with van der Waals surface area (Å²) in [4.78, 5) is 0. The first-order valence-corrected chi connectivity index (χ1v) is 7.04. The van der Waals surface area contributed by atoms with E-state index in [4.69, 9.17) is 0 Å². The summed E-state index contributed by atoms with van der Waals surface area (Å²) < 4.78 is 1.87. The van der Waals surface area contributed by atoms with Crippen molar-refractivity contribution < 1.29 is 0 Å². The SMILES string of the molecule is c1ccc(CCCCNCCCn2ccnn2)cc1. The Bertz CT molecular complexity index is 425. The fourth-order valence-corrected chi connectivity index (χ4v) is 2.07. The Labute approximate surface area is 114 Å². The van der Waals surface area contributed by atoms with E-state index in [1.807, 2.05) is 10.9 Å². The van der Waals surface area contributed by atoms with Crippen LogP contribution in [0.2, 0.25) is 0 Å². The van der Waals surface area contributed by atoms with E-state index in [2.05, 4.69) is 46.0 Å². The minimum absolute atomic E-state index is 0.941. The second-order valence-corrected chi connectivity index (χ2v) is 4.71. The van der Waals surface area contributed by atoms with Gasteiger partial charge in [0.25, 0.3) is 0 Å². The predicted octanol–water partition coefficient (Wildman–Crippen LogP) is 2.28. The van der Waals surface area contributed by atoms with E-state index in [0.717, 1.165) is 26.1 Å². The van der Waals surface area contributed by atoms with Crippen LogP contribution >= 0.6 is 0 Å². The third kappa shape index (κ3) is 5.66. The quantitative estimate of drug-likeness (QED) is 0.702. The number of benzene rings is 1. The van der Waals surface area contributed by atoms with Gasteiger partial charge in [-0.25, -0.2) is 0 Å². The van der Waals surface area contributed by atoms with E-state index < -0.39 is 0 Å². The van der Waals surface area contributed by atoms with Crippen molar-refractivity contribution in [3.05, 3.63) is 48.3 Å². The molecule has 0 radical (unpaired) electrons. The molecular formula is C15H22N4. The maximum absolute atomic E-state index is 3.94. The zero-order valence-electron chi connectivity index (χ0n) is 11.3. The van der Waals surface area contributed by atoms with Crippen molar-refractivity contribution >= 4 is 0 Å². The summed E-state index contributed by atoms with van der Waals surface area (Å²) in [6.07, 6.45) is 8.39. The number of hydrogen-bond acceptors (Lipinski definition) is 3. The van der Waals surface area contributed by atoms with E-state index in [1.54, 1.807) is 6.20 Å². The Morgan fingerprint density at radius 1 is 1.00 bits per heavy atom. The molecule has 0 aliphatic heterocycles. The Kier molecular flexibility index (Phi) is 6.10. The van der Waals surface area contributed by atoms with Crippen LogP contribution in [0, 0.1) is 0 Å². The molecule has 4 nitrogen and oxygen atoms in total. The molecule has 0 bridgehead atoms. The molecular weight excluding hydrogens is 236 g/mol. The number of aromatic nitrogens is 3. The third-order valence-corrected chi connectivity index (χ3v) is 3.12. The molecule has 0 saturated heterocycles. The highest BCUT2D eigenvalue weighted by Crippen LogP contribution is 2.03. The van der Waals surface area contributed by atoms with Crippen molar-refractivity contribution in [2.45, 2.75) is 32.2 Å². The Hall–Kier alpha value is -1.68. The highest BCUT2D eigenvalue weighted by molar-refractivity contribution is 5.14. The van der Waals surface area contributed by atoms with Gasteiger partial charge in [-0.3, -0.25) is 4.68 Å². The molecule has 0 unspecified atom stereocenters. The van der Waals surface area contributed by atoms with Gasteiger partial charge in [-0.1, -0.05) is 35.5 Å². The van der Waals surface area contributed by atoms with Gasteiger partial charge in [-0.05, 0) is 44.3 Å². The molecule has 4 heteroatoms. The van der Waals surface area contributed by atoms with Crippen LogP contribution in [0.3, 0.4) is 0 Å². The van der Waals surface area contributed by atoms with Crippen LogP contribution in [0.15, 0.2) is 42.7 Å². The molecule has 102 valence electrons. The third-order valence-electron chi connectivity index (χ3n) is 3.12. The summed E-state index contributed by atoms with van der Waals surface area (Å²) in [5, 5.41) is 11.2. The molecule has 19 heavy (non-hydrogen) atoms. The molecule has 0 spiro atoms. The molecule has 0 amide bonds. The summed E-state index contributed by atoms with van der Waals surface area (Å²) in [5.41, 5.74) is 1.44. The molecule has 1 heterocycles. The Morgan fingerprint density at radius 2 is 1.84 bits per heavy atom. The van der Waals surface area contributed by atoms with E-state index in [1.165, 1.54) is 24.8 Å². The first-order valence-electron chi connectivity index (χ1n) is 7.04. The molecule has 1 aromatic heterocycles. The van der Waals surface area contributed by atoms with E-state index in [0.29, 0.717) is 0 Å². The molecule has 1 N–H and O–H groups in total. The van der Waals surface area contributed by atoms with Gasteiger partial charge < -0.3 is 5.32 Å². The number of nitrogens with one attached hydrogen (secondary N) is 1. The molecule has 2 rings (SSSR count). The monoisotopic (exact) mass is 258 g/mol. The van der Waals surface area contributed by atoms with Crippen molar-refractivity contribution in [3.8, 4) is 0 Å². The first-order chi connectivity index (χ1) is 9.45. The second kappa shape index (κ2) is 8.43. The smallest absolute Gasteiger partial charge is 0.0692 e. The van der Waals surface area contributed by atoms with Gasteiger partial charge in [0.05, 0.1) is 6.20 Å². The first kappa shape index (κ1) is 13.7. The molecule has 0 aliphatic carbocycles. The molecule has 0 aliphatic rings. The number of nitrogens with zero attached hydrogens (tertiary/aromatic N) is 3. The van der Waals surface area contributed by atoms with E-state index in [-0.39, 0.29) is 0 Å². The van der Waals surface area contributed by atoms with Gasteiger partial charge in [0.15, 0.2) is 0 Å². The average molecular weight is 258 g/mol. The fourth-order valence-electron chi connectivity index (χ4n) is 2.07. The number of hydrogen-bond donors (Lipinski definition) is 1. The molecule has 2 aromatic rings. The Morgan fingerprint density at radius 3 is 2.63 bits per heavy atom. The maximum atomic E-state index is 3.94. The van der Waals surface area contributed by atoms with E-state index >= 15 is 0 Å². The molecule has 0 saturated carbocycles. The van der Waals surface area contributed by atoms with E-state index in [9.17, 15) is 0 Å². The van der Waals surface area contributed by atoms with Crippen molar-refractivity contribution in [2.24, 2.45) is 0 Å². The van der Waals surface area contributed by atoms with Crippen LogP contribution in [0.25, 0.3) is 0 Å². The zero-order chi connectivity index (χ0) is 13.2. The summed E-state index contributed by atoms with van der Waals surface area (Å²) in [6.45, 7) is 3.09. The number of unbranched alkanes of at least 4 members (excludes halogenated alkanes) is 1. The molecule has 0 fully saturated rings. The van der Waals surface area contributed by atoms with Crippen LogP contribution in [0.5, 0.6) is 0 Å². The lowest BCUT2D eigenvalue weighted by Gasteiger charge is -2.05. The lowest BCUT2D eigenvalue weighted by molar-refractivity contribution is 0.523. The highest BCUT2D eigenvalue weighted by Gasteiger charge is 1.94. The lowest BCUT2D eigenvalue weighted by atomic mass is 10.1. The molecule has 1 aromatic carbocycles. The summed E-state index contributed by atoms with van der Waals surface area (Å²) >= 11 is 0. The maximum Gasteiger partial charge on any atom is 0.0692 e. The molecule has 0 atom stereocenters. The van der Waals surface area contributed by atoms with Crippen LogP contribution in [-0.2, 0) is 13.0 Å².